The number of nitrogens with zero attached hydrogens (tertiary/aromatic N) is 1. The fraction of sp³-hybridized carbons (Fsp3) is 1.00. The minimum atomic E-state index is 0.765. The van der Waals surface area contributed by atoms with Gasteiger partial charge >= 0.3 is 0 Å². The third-order valence-corrected chi connectivity index (χ3v) is 3.96. The maximum atomic E-state index is 3.78. The summed E-state index contributed by atoms with van der Waals surface area (Å²) in [6, 6.07) is 0.765. The van der Waals surface area contributed by atoms with Crippen LogP contribution < -0.4 is 5.32 Å². The zero-order valence-corrected chi connectivity index (χ0v) is 11.0. The van der Waals surface area contributed by atoms with E-state index in [0.717, 1.165) is 17.9 Å². The summed E-state index contributed by atoms with van der Waals surface area (Å²) in [6.45, 7) is 9.89. The molecule has 1 aliphatic heterocycles. The summed E-state index contributed by atoms with van der Waals surface area (Å²) in [6.07, 6.45) is 7.01. The van der Waals surface area contributed by atoms with E-state index in [1.54, 1.807) is 0 Å². The van der Waals surface area contributed by atoms with Crippen molar-refractivity contribution in [1.82, 2.24) is 10.2 Å². The van der Waals surface area contributed by atoms with E-state index >= 15 is 0 Å². The van der Waals surface area contributed by atoms with Crippen molar-refractivity contribution >= 4 is 0 Å². The molecule has 1 heterocycles. The fourth-order valence-corrected chi connectivity index (χ4v) is 2.83. The van der Waals surface area contributed by atoms with E-state index in [0.29, 0.717) is 0 Å². The summed E-state index contributed by atoms with van der Waals surface area (Å²) in [5.74, 6) is 1.89. The number of unbranched alkanes of at least 4 members (excludes halogenated alkanes) is 1. The Bertz CT molecular complexity index is 201. The van der Waals surface area contributed by atoms with Gasteiger partial charge in [-0.2, -0.15) is 0 Å². The second kappa shape index (κ2) is 6.02. The lowest BCUT2D eigenvalue weighted by Gasteiger charge is -2.37. The molecule has 2 heteroatoms. The Balaban J connectivity index is 1.69. The van der Waals surface area contributed by atoms with Crippen LogP contribution in [0.15, 0.2) is 0 Å². The normalized spacial score (nSPS) is 31.9. The highest BCUT2D eigenvalue weighted by atomic mass is 15.2. The van der Waals surface area contributed by atoms with Gasteiger partial charge in [0.2, 0.25) is 0 Å². The SMILES string of the molecule is CCCCN1CC(C)CC(NCC2CC2)C1. The lowest BCUT2D eigenvalue weighted by atomic mass is 9.95. The molecule has 1 aliphatic carbocycles. The number of likely N-dealkylation sites (tertiary alicyclic amines) is 1. The molecule has 0 spiro atoms. The third kappa shape index (κ3) is 4.06. The van der Waals surface area contributed by atoms with Crippen LogP contribution in [0.5, 0.6) is 0 Å². The lowest BCUT2D eigenvalue weighted by molar-refractivity contribution is 0.147. The first-order chi connectivity index (χ1) is 7.78. The minimum absolute atomic E-state index is 0.765. The second-order valence-electron chi connectivity index (χ2n) is 6.00. The highest BCUT2D eigenvalue weighted by Gasteiger charge is 2.26. The molecule has 1 saturated heterocycles. The highest BCUT2D eigenvalue weighted by molar-refractivity contribution is 4.84. The van der Waals surface area contributed by atoms with E-state index in [2.05, 4.69) is 24.1 Å². The quantitative estimate of drug-likeness (QED) is 0.746. The van der Waals surface area contributed by atoms with Crippen molar-refractivity contribution in [2.75, 3.05) is 26.2 Å². The molecule has 0 aromatic carbocycles. The molecular weight excluding hydrogens is 196 g/mol. The van der Waals surface area contributed by atoms with E-state index < -0.39 is 0 Å². The summed E-state index contributed by atoms with van der Waals surface area (Å²) in [7, 11) is 0. The fourth-order valence-electron chi connectivity index (χ4n) is 2.83. The van der Waals surface area contributed by atoms with Gasteiger partial charge in [-0.1, -0.05) is 20.3 Å². The molecule has 2 unspecified atom stereocenters. The average Bonchev–Trinajstić information content (AvgIpc) is 3.07. The van der Waals surface area contributed by atoms with Gasteiger partial charge in [0, 0.05) is 19.1 Å². The zero-order chi connectivity index (χ0) is 11.4. The molecule has 1 N–H and O–H groups in total. The summed E-state index contributed by atoms with van der Waals surface area (Å²) in [4.78, 5) is 2.67. The molecular formula is C14H28N2. The molecule has 2 fully saturated rings. The third-order valence-electron chi connectivity index (χ3n) is 3.96. The monoisotopic (exact) mass is 224 g/mol. The Kier molecular flexibility index (Phi) is 4.66. The average molecular weight is 224 g/mol. The first kappa shape index (κ1) is 12.4. The molecule has 2 rings (SSSR count). The van der Waals surface area contributed by atoms with Crippen LogP contribution in [0.3, 0.4) is 0 Å². The van der Waals surface area contributed by atoms with Gasteiger partial charge < -0.3 is 10.2 Å². The first-order valence-electron chi connectivity index (χ1n) is 7.23. The van der Waals surface area contributed by atoms with Gasteiger partial charge in [-0.05, 0) is 50.6 Å². The van der Waals surface area contributed by atoms with E-state index in [1.807, 2.05) is 0 Å². The molecule has 2 atom stereocenters. The Morgan fingerprint density at radius 3 is 2.75 bits per heavy atom. The molecule has 94 valence electrons. The maximum absolute atomic E-state index is 3.78. The van der Waals surface area contributed by atoms with Crippen molar-refractivity contribution in [3.05, 3.63) is 0 Å². The van der Waals surface area contributed by atoms with Crippen LogP contribution in [0.4, 0.5) is 0 Å². The zero-order valence-electron chi connectivity index (χ0n) is 11.0. The van der Waals surface area contributed by atoms with Crippen LogP contribution in [0.1, 0.15) is 46.0 Å². The van der Waals surface area contributed by atoms with Crippen molar-refractivity contribution in [2.45, 2.75) is 52.0 Å². The standard InChI is InChI=1S/C14H28N2/c1-3-4-7-16-10-12(2)8-14(11-16)15-9-13-5-6-13/h12-15H,3-11H2,1-2H3. The van der Waals surface area contributed by atoms with E-state index in [-0.39, 0.29) is 0 Å². The maximum Gasteiger partial charge on any atom is 0.0198 e. The van der Waals surface area contributed by atoms with Gasteiger partial charge in [0.25, 0.3) is 0 Å². The number of hydrogen-bond acceptors (Lipinski definition) is 2. The van der Waals surface area contributed by atoms with Crippen LogP contribution in [0, 0.1) is 11.8 Å². The number of nitrogens with one attached hydrogen (secondary N) is 1. The van der Waals surface area contributed by atoms with E-state index in [9.17, 15) is 0 Å². The number of hydrogen-bond donors (Lipinski definition) is 1. The molecule has 2 nitrogen and oxygen atoms in total. The number of rotatable bonds is 6. The van der Waals surface area contributed by atoms with Crippen LogP contribution in [0.25, 0.3) is 0 Å². The van der Waals surface area contributed by atoms with E-state index in [1.165, 1.54) is 58.3 Å². The Labute approximate surface area is 101 Å². The summed E-state index contributed by atoms with van der Waals surface area (Å²) >= 11 is 0. The minimum Gasteiger partial charge on any atom is -0.312 e. The van der Waals surface area contributed by atoms with Gasteiger partial charge in [-0.15, -0.1) is 0 Å². The van der Waals surface area contributed by atoms with Crippen LogP contribution in [0.2, 0.25) is 0 Å². The lowest BCUT2D eigenvalue weighted by Crippen LogP contribution is -2.49. The Morgan fingerprint density at radius 2 is 2.06 bits per heavy atom. The Morgan fingerprint density at radius 1 is 1.25 bits per heavy atom. The van der Waals surface area contributed by atoms with Crippen LogP contribution in [-0.4, -0.2) is 37.1 Å². The molecule has 16 heavy (non-hydrogen) atoms. The molecule has 0 aromatic rings. The largest absolute Gasteiger partial charge is 0.312 e. The first-order valence-corrected chi connectivity index (χ1v) is 7.23. The molecule has 0 bridgehead atoms. The van der Waals surface area contributed by atoms with Crippen molar-refractivity contribution < 1.29 is 0 Å². The van der Waals surface area contributed by atoms with Crippen molar-refractivity contribution in [3.63, 3.8) is 0 Å². The number of piperidine rings is 1. The topological polar surface area (TPSA) is 15.3 Å². The Hall–Kier alpha value is -0.0800. The molecule has 0 radical (unpaired) electrons. The van der Waals surface area contributed by atoms with E-state index in [4.69, 9.17) is 0 Å². The predicted octanol–water partition coefficient (Wildman–Crippen LogP) is 2.50. The smallest absolute Gasteiger partial charge is 0.0198 e. The van der Waals surface area contributed by atoms with Gasteiger partial charge in [-0.25, -0.2) is 0 Å². The summed E-state index contributed by atoms with van der Waals surface area (Å²) in [5.41, 5.74) is 0. The summed E-state index contributed by atoms with van der Waals surface area (Å²) in [5, 5.41) is 3.78. The van der Waals surface area contributed by atoms with Gasteiger partial charge in [0.05, 0.1) is 0 Å². The predicted molar refractivity (Wildman–Crippen MR) is 69.6 cm³/mol. The van der Waals surface area contributed by atoms with Crippen molar-refractivity contribution in [2.24, 2.45) is 11.8 Å². The molecule has 0 aromatic heterocycles. The molecule has 2 aliphatic rings. The van der Waals surface area contributed by atoms with Gasteiger partial charge in [-0.3, -0.25) is 0 Å². The van der Waals surface area contributed by atoms with Crippen LogP contribution in [-0.2, 0) is 0 Å². The summed E-state index contributed by atoms with van der Waals surface area (Å²) < 4.78 is 0. The van der Waals surface area contributed by atoms with Gasteiger partial charge in [0.1, 0.15) is 0 Å². The van der Waals surface area contributed by atoms with Crippen LogP contribution >= 0.6 is 0 Å². The van der Waals surface area contributed by atoms with Crippen molar-refractivity contribution in [1.29, 1.82) is 0 Å². The molecule has 0 amide bonds. The second-order valence-corrected chi connectivity index (χ2v) is 6.00. The molecule has 1 saturated carbocycles. The van der Waals surface area contributed by atoms with Crippen molar-refractivity contribution in [3.8, 4) is 0 Å². The highest BCUT2D eigenvalue weighted by Crippen LogP contribution is 2.28. The van der Waals surface area contributed by atoms with Gasteiger partial charge in [0.15, 0.2) is 0 Å².